The molecule has 2 aromatic carbocycles. The second kappa shape index (κ2) is 6.24. The number of likely N-dealkylation sites (tertiary alicyclic amines) is 1. The van der Waals surface area contributed by atoms with E-state index in [-0.39, 0.29) is 17.9 Å². The van der Waals surface area contributed by atoms with Gasteiger partial charge in [-0.2, -0.15) is 0 Å². The Kier molecular flexibility index (Phi) is 3.92. The largest absolute Gasteiger partial charge is 0.382 e. The molecule has 3 atom stereocenters. The molecule has 25 heavy (non-hydrogen) atoms. The summed E-state index contributed by atoms with van der Waals surface area (Å²) in [6.07, 6.45) is 0.738. The van der Waals surface area contributed by atoms with Crippen LogP contribution in [0.4, 0.5) is 5.69 Å². The summed E-state index contributed by atoms with van der Waals surface area (Å²) in [4.78, 5) is 27.1. The molecule has 1 saturated heterocycles. The van der Waals surface area contributed by atoms with Crippen molar-refractivity contribution in [3.63, 3.8) is 0 Å². The van der Waals surface area contributed by atoms with Crippen LogP contribution in [0.1, 0.15) is 29.5 Å². The zero-order chi connectivity index (χ0) is 17.4. The fourth-order valence-corrected chi connectivity index (χ4v) is 4.14. The number of nitrogens with two attached hydrogens (primary N) is 1. The van der Waals surface area contributed by atoms with Gasteiger partial charge in [0.25, 0.3) is 0 Å². The number of carbonyl (C=O) groups excluding carboxylic acids is 2. The van der Waals surface area contributed by atoms with E-state index in [4.69, 9.17) is 5.73 Å². The summed E-state index contributed by atoms with van der Waals surface area (Å²) in [6.45, 7) is 1.30. The molecule has 4 rings (SSSR count). The minimum atomic E-state index is -0.802. The zero-order valence-corrected chi connectivity index (χ0v) is 13.9. The average molecular weight is 335 g/mol. The van der Waals surface area contributed by atoms with Crippen LogP contribution in [-0.4, -0.2) is 29.8 Å². The number of para-hydroxylation sites is 1. The average Bonchev–Trinajstić information content (AvgIpc) is 3.06. The molecule has 2 aliphatic heterocycles. The van der Waals surface area contributed by atoms with Crippen LogP contribution >= 0.6 is 0 Å². The van der Waals surface area contributed by atoms with Gasteiger partial charge in [-0.15, -0.1) is 0 Å². The van der Waals surface area contributed by atoms with E-state index >= 15 is 0 Å². The molecule has 3 N–H and O–H groups in total. The molecule has 2 aliphatic rings. The van der Waals surface area contributed by atoms with Gasteiger partial charge in [0.2, 0.25) is 11.8 Å². The molecule has 2 aromatic rings. The van der Waals surface area contributed by atoms with Crippen molar-refractivity contribution >= 4 is 17.5 Å². The van der Waals surface area contributed by atoms with Crippen LogP contribution in [0.15, 0.2) is 54.6 Å². The molecular weight excluding hydrogens is 314 g/mol. The van der Waals surface area contributed by atoms with Gasteiger partial charge >= 0.3 is 0 Å². The smallest absolute Gasteiger partial charge is 0.236 e. The Morgan fingerprint density at radius 1 is 1.08 bits per heavy atom. The molecule has 3 unspecified atom stereocenters. The second-order valence-electron chi connectivity index (χ2n) is 6.70. The van der Waals surface area contributed by atoms with E-state index in [0.29, 0.717) is 13.1 Å². The predicted molar refractivity (Wildman–Crippen MR) is 95.9 cm³/mol. The summed E-state index contributed by atoms with van der Waals surface area (Å²) in [7, 11) is 0. The van der Waals surface area contributed by atoms with Crippen LogP contribution in [0, 0.1) is 5.92 Å². The highest BCUT2D eigenvalue weighted by Gasteiger charge is 2.44. The molecule has 5 heteroatoms. The van der Waals surface area contributed by atoms with Crippen molar-refractivity contribution in [1.82, 2.24) is 4.90 Å². The zero-order valence-electron chi connectivity index (χ0n) is 13.9. The van der Waals surface area contributed by atoms with Gasteiger partial charge in [0.05, 0.1) is 6.04 Å². The number of anilines is 1. The number of hydrogen-bond acceptors (Lipinski definition) is 3. The Balaban J connectivity index is 1.64. The number of hydrogen-bond donors (Lipinski definition) is 2. The normalized spacial score (nSPS) is 25.4. The number of carbonyl (C=O) groups is 2. The van der Waals surface area contributed by atoms with Crippen molar-refractivity contribution in [3.8, 4) is 0 Å². The van der Waals surface area contributed by atoms with E-state index in [0.717, 1.165) is 23.2 Å². The molecule has 2 heterocycles. The van der Waals surface area contributed by atoms with Crippen LogP contribution < -0.4 is 11.1 Å². The van der Waals surface area contributed by atoms with Crippen molar-refractivity contribution in [2.24, 2.45) is 11.7 Å². The minimum Gasteiger partial charge on any atom is -0.382 e. The number of nitrogens with zero attached hydrogens (tertiary/aromatic N) is 1. The quantitative estimate of drug-likeness (QED) is 0.845. The summed E-state index contributed by atoms with van der Waals surface area (Å²) in [5.74, 6) is -1.64. The maximum atomic E-state index is 13.1. The monoisotopic (exact) mass is 335 g/mol. The number of primary amides is 1. The van der Waals surface area contributed by atoms with Crippen molar-refractivity contribution in [2.45, 2.75) is 18.4 Å². The lowest BCUT2D eigenvalue weighted by Crippen LogP contribution is -2.51. The van der Waals surface area contributed by atoms with Crippen molar-refractivity contribution in [2.75, 3.05) is 18.4 Å². The molecule has 0 spiro atoms. The Labute approximate surface area is 146 Å². The van der Waals surface area contributed by atoms with Crippen LogP contribution in [0.5, 0.6) is 0 Å². The first-order valence-corrected chi connectivity index (χ1v) is 8.64. The molecule has 2 amide bonds. The van der Waals surface area contributed by atoms with E-state index in [2.05, 4.69) is 5.32 Å². The first-order chi connectivity index (χ1) is 12.2. The molecule has 0 radical (unpaired) electrons. The lowest BCUT2D eigenvalue weighted by Gasteiger charge is -2.39. The Morgan fingerprint density at radius 2 is 1.80 bits per heavy atom. The van der Waals surface area contributed by atoms with E-state index < -0.39 is 11.8 Å². The van der Waals surface area contributed by atoms with Crippen LogP contribution in [-0.2, 0) is 9.59 Å². The summed E-state index contributed by atoms with van der Waals surface area (Å²) in [5, 5.41) is 3.34. The van der Waals surface area contributed by atoms with Gasteiger partial charge in [0.15, 0.2) is 0 Å². The van der Waals surface area contributed by atoms with Gasteiger partial charge in [0, 0.05) is 24.7 Å². The number of benzene rings is 2. The van der Waals surface area contributed by atoms with Crippen molar-refractivity contribution in [3.05, 3.63) is 65.7 Å². The van der Waals surface area contributed by atoms with Gasteiger partial charge < -0.3 is 16.0 Å². The number of piperidine rings is 1. The molecular formula is C20H21N3O2. The Morgan fingerprint density at radius 3 is 2.56 bits per heavy atom. The first-order valence-electron chi connectivity index (χ1n) is 8.64. The molecule has 0 saturated carbocycles. The van der Waals surface area contributed by atoms with E-state index in [1.165, 1.54) is 0 Å². The third-order valence-corrected chi connectivity index (χ3v) is 5.35. The van der Waals surface area contributed by atoms with Gasteiger partial charge in [-0.25, -0.2) is 0 Å². The minimum absolute atomic E-state index is 0.0396. The first kappa shape index (κ1) is 15.7. The molecule has 5 nitrogen and oxygen atoms in total. The maximum Gasteiger partial charge on any atom is 0.236 e. The summed E-state index contributed by atoms with van der Waals surface area (Å²) in [6, 6.07) is 17.7. The van der Waals surface area contributed by atoms with E-state index in [1.807, 2.05) is 59.5 Å². The number of rotatable bonds is 3. The van der Waals surface area contributed by atoms with Crippen molar-refractivity contribution in [1.29, 1.82) is 0 Å². The van der Waals surface area contributed by atoms with Crippen molar-refractivity contribution < 1.29 is 9.59 Å². The SMILES string of the molecule is NC(=O)C1C(=O)N(C2CNc3ccccc32)CCC1c1ccccc1. The highest BCUT2D eigenvalue weighted by Crippen LogP contribution is 2.40. The van der Waals surface area contributed by atoms with Gasteiger partial charge in [-0.05, 0) is 23.6 Å². The van der Waals surface area contributed by atoms with E-state index in [1.54, 1.807) is 0 Å². The summed E-state index contributed by atoms with van der Waals surface area (Å²) >= 11 is 0. The van der Waals surface area contributed by atoms with Gasteiger partial charge in [-0.3, -0.25) is 9.59 Å². The third-order valence-electron chi connectivity index (χ3n) is 5.35. The molecule has 0 bridgehead atoms. The predicted octanol–water partition coefficient (Wildman–Crippen LogP) is 2.27. The Bertz CT molecular complexity index is 806. The van der Waals surface area contributed by atoms with Gasteiger partial charge in [-0.1, -0.05) is 48.5 Å². The fourth-order valence-electron chi connectivity index (χ4n) is 4.14. The molecule has 1 fully saturated rings. The molecule has 128 valence electrons. The lowest BCUT2D eigenvalue weighted by molar-refractivity contribution is -0.147. The van der Waals surface area contributed by atoms with Crippen LogP contribution in [0.3, 0.4) is 0 Å². The fraction of sp³-hybridized carbons (Fsp3) is 0.300. The highest BCUT2D eigenvalue weighted by molar-refractivity contribution is 6.01. The standard InChI is InChI=1S/C20H21N3O2/c21-19(24)18-14(13-6-2-1-3-7-13)10-11-23(20(18)25)17-12-22-16-9-5-4-8-15(16)17/h1-9,14,17-18,22H,10-12H2,(H2,21,24). The van der Waals surface area contributed by atoms with Gasteiger partial charge in [0.1, 0.15) is 5.92 Å². The Hall–Kier alpha value is -2.82. The van der Waals surface area contributed by atoms with E-state index in [9.17, 15) is 9.59 Å². The summed E-state index contributed by atoms with van der Waals surface area (Å²) in [5.41, 5.74) is 8.81. The molecule has 0 aromatic heterocycles. The number of nitrogens with one attached hydrogen (secondary N) is 1. The topological polar surface area (TPSA) is 75.4 Å². The van der Waals surface area contributed by atoms with Crippen LogP contribution in [0.2, 0.25) is 0 Å². The van der Waals surface area contributed by atoms with Crippen LogP contribution in [0.25, 0.3) is 0 Å². The maximum absolute atomic E-state index is 13.1. The molecule has 0 aliphatic carbocycles. The number of fused-ring (bicyclic) bond motifs is 1. The second-order valence-corrected chi connectivity index (χ2v) is 6.70. The number of amides is 2. The highest BCUT2D eigenvalue weighted by atomic mass is 16.2. The summed E-state index contributed by atoms with van der Waals surface area (Å²) < 4.78 is 0. The third kappa shape index (κ3) is 2.65. The lowest BCUT2D eigenvalue weighted by atomic mass is 9.79.